The van der Waals surface area contributed by atoms with Crippen molar-refractivity contribution in [2.75, 3.05) is 0 Å². The molecule has 0 radical (unpaired) electrons. The van der Waals surface area contributed by atoms with E-state index in [-0.39, 0.29) is 11.3 Å². The van der Waals surface area contributed by atoms with Crippen LogP contribution in [-0.4, -0.2) is 15.4 Å². The van der Waals surface area contributed by atoms with Crippen LogP contribution in [0.4, 0.5) is 0 Å². The van der Waals surface area contributed by atoms with Crippen LogP contribution in [0.25, 0.3) is 0 Å². The average Bonchev–Trinajstić information content (AvgIpc) is 2.71. The average molecular weight is 300 g/mol. The SMILES string of the molecule is Cc1nsc(SC(c2cccc(Cl)c2)C(C)N)n1. The monoisotopic (exact) mass is 299 g/mol. The van der Waals surface area contributed by atoms with E-state index in [9.17, 15) is 0 Å². The molecule has 0 aliphatic heterocycles. The number of nitrogens with two attached hydrogens (primary N) is 1. The summed E-state index contributed by atoms with van der Waals surface area (Å²) in [7, 11) is 0. The molecule has 0 saturated carbocycles. The fraction of sp³-hybridized carbons (Fsp3) is 0.333. The Morgan fingerprint density at radius 1 is 1.44 bits per heavy atom. The largest absolute Gasteiger partial charge is 0.327 e. The molecule has 2 aromatic rings. The Morgan fingerprint density at radius 2 is 2.22 bits per heavy atom. The number of halogens is 1. The van der Waals surface area contributed by atoms with Crippen molar-refractivity contribution in [2.24, 2.45) is 5.73 Å². The van der Waals surface area contributed by atoms with Crippen molar-refractivity contribution in [1.82, 2.24) is 9.36 Å². The molecule has 2 rings (SSSR count). The Labute approximate surface area is 120 Å². The highest BCUT2D eigenvalue weighted by atomic mass is 35.5. The zero-order chi connectivity index (χ0) is 13.1. The lowest BCUT2D eigenvalue weighted by atomic mass is 10.1. The Morgan fingerprint density at radius 3 is 2.78 bits per heavy atom. The quantitative estimate of drug-likeness (QED) is 0.875. The van der Waals surface area contributed by atoms with Crippen LogP contribution in [0.15, 0.2) is 28.6 Å². The van der Waals surface area contributed by atoms with Gasteiger partial charge in [-0.2, -0.15) is 4.37 Å². The summed E-state index contributed by atoms with van der Waals surface area (Å²) >= 11 is 9.07. The van der Waals surface area contributed by atoms with Crippen LogP contribution < -0.4 is 5.73 Å². The van der Waals surface area contributed by atoms with Gasteiger partial charge in [-0.25, -0.2) is 4.98 Å². The Balaban J connectivity index is 2.23. The lowest BCUT2D eigenvalue weighted by Gasteiger charge is -2.19. The molecule has 2 atom stereocenters. The van der Waals surface area contributed by atoms with Crippen molar-refractivity contribution in [2.45, 2.75) is 29.5 Å². The van der Waals surface area contributed by atoms with Crippen LogP contribution in [0.2, 0.25) is 5.02 Å². The maximum absolute atomic E-state index is 6.07. The van der Waals surface area contributed by atoms with Gasteiger partial charge >= 0.3 is 0 Å². The Kier molecular flexibility index (Phi) is 4.61. The van der Waals surface area contributed by atoms with E-state index in [1.54, 1.807) is 11.8 Å². The minimum Gasteiger partial charge on any atom is -0.327 e. The van der Waals surface area contributed by atoms with Crippen LogP contribution in [0, 0.1) is 6.92 Å². The van der Waals surface area contributed by atoms with Crippen LogP contribution in [0.3, 0.4) is 0 Å². The van der Waals surface area contributed by atoms with Gasteiger partial charge in [0.1, 0.15) is 5.82 Å². The van der Waals surface area contributed by atoms with E-state index in [4.69, 9.17) is 17.3 Å². The van der Waals surface area contributed by atoms with E-state index in [1.807, 2.05) is 38.1 Å². The molecule has 2 unspecified atom stereocenters. The van der Waals surface area contributed by atoms with E-state index >= 15 is 0 Å². The fourth-order valence-corrected chi connectivity index (χ4v) is 3.71. The van der Waals surface area contributed by atoms with Crippen molar-refractivity contribution in [1.29, 1.82) is 0 Å². The molecule has 0 saturated heterocycles. The first kappa shape index (κ1) is 13.8. The second-order valence-electron chi connectivity index (χ2n) is 4.06. The molecular formula is C12H14ClN3S2. The predicted octanol–water partition coefficient (Wildman–Crippen LogP) is 3.68. The van der Waals surface area contributed by atoms with E-state index in [1.165, 1.54) is 11.5 Å². The Hall–Kier alpha value is -0.620. The minimum absolute atomic E-state index is 0.0117. The summed E-state index contributed by atoms with van der Waals surface area (Å²) in [6.45, 7) is 3.88. The fourth-order valence-electron chi connectivity index (χ4n) is 1.60. The lowest BCUT2D eigenvalue weighted by molar-refractivity contribution is 0.721. The van der Waals surface area contributed by atoms with E-state index < -0.39 is 0 Å². The predicted molar refractivity (Wildman–Crippen MR) is 78.3 cm³/mol. The van der Waals surface area contributed by atoms with Crippen LogP contribution in [-0.2, 0) is 0 Å². The van der Waals surface area contributed by atoms with Gasteiger partial charge in [0.2, 0.25) is 0 Å². The first-order valence-corrected chi connectivity index (χ1v) is 7.57. The second kappa shape index (κ2) is 6.02. The van der Waals surface area contributed by atoms with E-state index in [2.05, 4.69) is 9.36 Å². The molecular weight excluding hydrogens is 286 g/mol. The molecule has 0 spiro atoms. The number of thioether (sulfide) groups is 1. The summed E-state index contributed by atoms with van der Waals surface area (Å²) in [5.74, 6) is 0.803. The summed E-state index contributed by atoms with van der Waals surface area (Å²) in [4.78, 5) is 4.36. The minimum atomic E-state index is 0.0117. The highest BCUT2D eigenvalue weighted by molar-refractivity contribution is 8.01. The van der Waals surface area contributed by atoms with Gasteiger partial charge in [-0.05, 0) is 43.1 Å². The zero-order valence-corrected chi connectivity index (χ0v) is 12.5. The molecule has 0 aliphatic carbocycles. The number of rotatable bonds is 4. The molecule has 1 aromatic carbocycles. The van der Waals surface area contributed by atoms with Crippen LogP contribution in [0.5, 0.6) is 0 Å². The molecule has 0 bridgehead atoms. The first-order valence-electron chi connectivity index (χ1n) is 5.54. The van der Waals surface area contributed by atoms with Crippen LogP contribution in [0.1, 0.15) is 23.6 Å². The highest BCUT2D eigenvalue weighted by Crippen LogP contribution is 2.38. The van der Waals surface area contributed by atoms with E-state index in [0.29, 0.717) is 0 Å². The molecule has 0 aliphatic rings. The molecule has 0 amide bonds. The summed E-state index contributed by atoms with van der Waals surface area (Å²) in [6, 6.07) is 7.82. The second-order valence-corrected chi connectivity index (χ2v) is 6.64. The van der Waals surface area contributed by atoms with Gasteiger partial charge in [0, 0.05) is 11.1 Å². The molecule has 1 aromatic heterocycles. The van der Waals surface area contributed by atoms with Gasteiger partial charge < -0.3 is 5.73 Å². The van der Waals surface area contributed by atoms with Crippen molar-refractivity contribution < 1.29 is 0 Å². The summed E-state index contributed by atoms with van der Waals surface area (Å²) in [5.41, 5.74) is 7.19. The first-order chi connectivity index (χ1) is 8.56. The maximum Gasteiger partial charge on any atom is 0.170 e. The molecule has 0 fully saturated rings. The normalized spacial score (nSPS) is 14.4. The van der Waals surface area contributed by atoms with Gasteiger partial charge in [0.15, 0.2) is 4.34 Å². The van der Waals surface area contributed by atoms with Gasteiger partial charge in [-0.3, -0.25) is 0 Å². The smallest absolute Gasteiger partial charge is 0.170 e. The Bertz CT molecular complexity index is 528. The topological polar surface area (TPSA) is 51.8 Å². The molecule has 6 heteroatoms. The van der Waals surface area contributed by atoms with Gasteiger partial charge in [-0.15, -0.1) is 0 Å². The van der Waals surface area contributed by atoms with Gasteiger partial charge in [0.25, 0.3) is 0 Å². The lowest BCUT2D eigenvalue weighted by Crippen LogP contribution is -2.22. The van der Waals surface area contributed by atoms with Gasteiger partial charge in [0.05, 0.1) is 5.25 Å². The van der Waals surface area contributed by atoms with Crippen molar-refractivity contribution in [3.05, 3.63) is 40.7 Å². The highest BCUT2D eigenvalue weighted by Gasteiger charge is 2.19. The third-order valence-corrected chi connectivity index (χ3v) is 4.99. The van der Waals surface area contributed by atoms with Crippen molar-refractivity contribution in [3.63, 3.8) is 0 Å². The third-order valence-electron chi connectivity index (χ3n) is 2.39. The summed E-state index contributed by atoms with van der Waals surface area (Å²) < 4.78 is 5.12. The standard InChI is InChI=1S/C12H14ClN3S2/c1-7(14)11(9-4-3-5-10(13)6-9)17-12-15-8(2)16-18-12/h3-7,11H,14H2,1-2H3. The van der Waals surface area contributed by atoms with Crippen LogP contribution >= 0.6 is 34.9 Å². The van der Waals surface area contributed by atoms with Crippen molar-refractivity contribution in [3.8, 4) is 0 Å². The molecule has 18 heavy (non-hydrogen) atoms. The number of aromatic nitrogens is 2. The maximum atomic E-state index is 6.07. The summed E-state index contributed by atoms with van der Waals surface area (Å²) in [6.07, 6.45) is 0. The molecule has 1 heterocycles. The number of hydrogen-bond donors (Lipinski definition) is 1. The van der Waals surface area contributed by atoms with Gasteiger partial charge in [-0.1, -0.05) is 35.5 Å². The zero-order valence-electron chi connectivity index (χ0n) is 10.1. The molecule has 3 nitrogen and oxygen atoms in total. The van der Waals surface area contributed by atoms with Crippen molar-refractivity contribution >= 4 is 34.9 Å². The molecule has 2 N–H and O–H groups in total. The number of aryl methyl sites for hydroxylation is 1. The summed E-state index contributed by atoms with van der Waals surface area (Å²) in [5, 5.41) is 0.864. The third kappa shape index (κ3) is 3.45. The number of hydrogen-bond acceptors (Lipinski definition) is 5. The number of nitrogens with zero attached hydrogens (tertiary/aromatic N) is 2. The number of benzene rings is 1. The van der Waals surface area contributed by atoms with E-state index in [0.717, 1.165) is 20.8 Å². The molecule has 96 valence electrons.